The summed E-state index contributed by atoms with van der Waals surface area (Å²) in [6.07, 6.45) is 3.82. The van der Waals surface area contributed by atoms with E-state index in [0.29, 0.717) is 23.3 Å². The molecule has 0 aromatic carbocycles. The predicted octanol–water partition coefficient (Wildman–Crippen LogP) is 2.05. The summed E-state index contributed by atoms with van der Waals surface area (Å²) in [5.41, 5.74) is 12.9. The third kappa shape index (κ3) is 2.62. The molecule has 3 rings (SSSR count). The van der Waals surface area contributed by atoms with Crippen molar-refractivity contribution in [3.05, 3.63) is 34.9 Å². The summed E-state index contributed by atoms with van der Waals surface area (Å²) < 4.78 is 1.62. The number of hydrogen-bond donors (Lipinski definition) is 4. The van der Waals surface area contributed by atoms with Crippen LogP contribution >= 0.6 is 0 Å². The largest absolute Gasteiger partial charge is 0.508 e. The van der Waals surface area contributed by atoms with Gasteiger partial charge >= 0.3 is 0 Å². The highest BCUT2D eigenvalue weighted by Crippen LogP contribution is 2.38. The van der Waals surface area contributed by atoms with Crippen molar-refractivity contribution in [2.24, 2.45) is 11.7 Å². The number of rotatable bonds is 3. The highest BCUT2D eigenvalue weighted by Gasteiger charge is 2.30. The van der Waals surface area contributed by atoms with Crippen molar-refractivity contribution >= 4 is 28.6 Å². The summed E-state index contributed by atoms with van der Waals surface area (Å²) in [7, 11) is 0. The summed E-state index contributed by atoms with van der Waals surface area (Å²) >= 11 is 0. The number of carbonyl (C=O) groups excluding carboxylic acids is 1. The van der Waals surface area contributed by atoms with Crippen LogP contribution in [0.4, 0.5) is 5.82 Å². The number of anilines is 1. The lowest BCUT2D eigenvalue weighted by molar-refractivity contribution is 0.0737. The lowest BCUT2D eigenvalue weighted by atomic mass is 9.93. The van der Waals surface area contributed by atoms with E-state index >= 15 is 0 Å². The van der Waals surface area contributed by atoms with Crippen LogP contribution in [-0.2, 0) is 5.60 Å². The van der Waals surface area contributed by atoms with Crippen molar-refractivity contribution in [1.82, 2.24) is 14.5 Å². The molecule has 1 aliphatic carbocycles. The Labute approximate surface area is 150 Å². The number of nitrogens with two attached hydrogens (primary N) is 2. The van der Waals surface area contributed by atoms with Gasteiger partial charge in [0.25, 0.3) is 5.91 Å². The van der Waals surface area contributed by atoms with Crippen LogP contribution in [0.5, 0.6) is 0 Å². The Kier molecular flexibility index (Phi) is 4.03. The van der Waals surface area contributed by atoms with Gasteiger partial charge in [-0.2, -0.15) is 0 Å². The Balaban J connectivity index is 2.41. The zero-order valence-electron chi connectivity index (χ0n) is 15.2. The van der Waals surface area contributed by atoms with E-state index in [1.807, 2.05) is 6.92 Å². The molecule has 1 atom stereocenters. The maximum absolute atomic E-state index is 12.0. The average Bonchev–Trinajstić information content (AvgIpc) is 2.82. The van der Waals surface area contributed by atoms with Crippen molar-refractivity contribution in [3.8, 4) is 0 Å². The van der Waals surface area contributed by atoms with E-state index in [1.165, 1.54) is 6.20 Å². The van der Waals surface area contributed by atoms with Gasteiger partial charge in [-0.3, -0.25) is 9.36 Å². The monoisotopic (exact) mass is 357 g/mol. The Morgan fingerprint density at radius 3 is 2.65 bits per heavy atom. The Hall–Kier alpha value is -2.87. The summed E-state index contributed by atoms with van der Waals surface area (Å²) in [5, 5.41) is 20.4. The molecule has 0 saturated heterocycles. The molecule has 0 spiro atoms. The van der Waals surface area contributed by atoms with Crippen LogP contribution in [0.2, 0.25) is 0 Å². The first-order valence-corrected chi connectivity index (χ1v) is 8.34. The minimum atomic E-state index is -1.23. The second kappa shape index (κ2) is 5.84. The van der Waals surface area contributed by atoms with Crippen molar-refractivity contribution in [3.63, 3.8) is 0 Å². The van der Waals surface area contributed by atoms with Crippen LogP contribution in [0.1, 0.15) is 50.2 Å². The summed E-state index contributed by atoms with van der Waals surface area (Å²) in [6, 6.07) is 0. The number of hydrogen-bond acceptors (Lipinski definition) is 6. The molecule has 8 heteroatoms. The van der Waals surface area contributed by atoms with E-state index in [0.717, 1.165) is 5.70 Å². The molecule has 0 unspecified atom stereocenters. The average molecular weight is 357 g/mol. The van der Waals surface area contributed by atoms with Gasteiger partial charge < -0.3 is 21.7 Å². The minimum Gasteiger partial charge on any atom is -0.508 e. The molecule has 2 heterocycles. The molecule has 1 amide bonds. The summed E-state index contributed by atoms with van der Waals surface area (Å²) in [5.74, 6) is -0.396. The first-order chi connectivity index (χ1) is 12.0. The highest BCUT2D eigenvalue weighted by atomic mass is 16.3. The van der Waals surface area contributed by atoms with Crippen molar-refractivity contribution in [2.75, 3.05) is 5.73 Å². The number of amides is 1. The normalized spacial score (nSPS) is 18.3. The van der Waals surface area contributed by atoms with E-state index in [9.17, 15) is 15.0 Å². The van der Waals surface area contributed by atoms with Crippen LogP contribution < -0.4 is 11.5 Å². The van der Waals surface area contributed by atoms with Gasteiger partial charge in [-0.1, -0.05) is 6.92 Å². The van der Waals surface area contributed by atoms with E-state index < -0.39 is 11.5 Å². The molecule has 1 aliphatic rings. The molecule has 138 valence electrons. The number of aliphatic hydroxyl groups excluding tert-OH is 1. The van der Waals surface area contributed by atoms with Gasteiger partial charge in [0.05, 0.1) is 11.9 Å². The maximum Gasteiger partial charge on any atom is 0.254 e. The van der Waals surface area contributed by atoms with Crippen molar-refractivity contribution in [1.29, 1.82) is 0 Å². The summed E-state index contributed by atoms with van der Waals surface area (Å²) in [4.78, 5) is 20.8. The number of nitrogen functional groups attached to an aromatic ring is 1. The van der Waals surface area contributed by atoms with Crippen LogP contribution in [0.15, 0.2) is 23.6 Å². The number of carbonyl (C=O) groups is 1. The Bertz CT molecular complexity index is 979. The van der Waals surface area contributed by atoms with Crippen LogP contribution in [0, 0.1) is 5.92 Å². The maximum atomic E-state index is 12.0. The zero-order valence-corrected chi connectivity index (χ0v) is 15.2. The SMILES string of the molecule is CC1=C(n2c(N)c(C(N)=O)c3nc(C(C)(C)O)cnc32)[C@H](C)CC=C1O. The van der Waals surface area contributed by atoms with E-state index in [4.69, 9.17) is 11.5 Å². The fourth-order valence-electron chi connectivity index (χ4n) is 3.28. The van der Waals surface area contributed by atoms with Crippen LogP contribution in [-0.4, -0.2) is 30.7 Å². The number of nitrogens with zero attached hydrogens (tertiary/aromatic N) is 3. The molecule has 2 aromatic rings. The number of aromatic nitrogens is 3. The standard InChI is InChI=1S/C18H23N5O3/c1-8-5-6-10(24)9(2)14(8)23-15(19)12(16(20)25)13-17(23)21-7-11(22-13)18(3,4)26/h6-8,24,26H,5,19H2,1-4H3,(H2,20,25)/t8-/m1/s1. The third-order valence-electron chi connectivity index (χ3n) is 4.71. The van der Waals surface area contributed by atoms with E-state index in [2.05, 4.69) is 9.97 Å². The first kappa shape index (κ1) is 17.9. The lowest BCUT2D eigenvalue weighted by Gasteiger charge is -2.24. The number of aliphatic hydroxyl groups is 2. The van der Waals surface area contributed by atoms with Gasteiger partial charge in [0, 0.05) is 17.2 Å². The lowest BCUT2D eigenvalue weighted by Crippen LogP contribution is -2.18. The van der Waals surface area contributed by atoms with Gasteiger partial charge in [0.1, 0.15) is 28.3 Å². The van der Waals surface area contributed by atoms with Gasteiger partial charge in [-0.15, -0.1) is 0 Å². The highest BCUT2D eigenvalue weighted by molar-refractivity contribution is 6.10. The minimum absolute atomic E-state index is 0.0419. The van der Waals surface area contributed by atoms with Crippen LogP contribution in [0.25, 0.3) is 16.9 Å². The Morgan fingerprint density at radius 2 is 2.08 bits per heavy atom. The van der Waals surface area contributed by atoms with Crippen molar-refractivity contribution < 1.29 is 15.0 Å². The molecule has 0 radical (unpaired) electrons. The molecule has 0 aliphatic heterocycles. The molecule has 26 heavy (non-hydrogen) atoms. The molecule has 0 fully saturated rings. The smallest absolute Gasteiger partial charge is 0.254 e. The molecule has 0 bridgehead atoms. The zero-order chi connectivity index (χ0) is 19.4. The molecule has 0 saturated carbocycles. The first-order valence-electron chi connectivity index (χ1n) is 8.34. The van der Waals surface area contributed by atoms with Crippen LogP contribution in [0.3, 0.4) is 0 Å². The second-order valence-electron chi connectivity index (χ2n) is 7.18. The Morgan fingerprint density at radius 1 is 1.42 bits per heavy atom. The van der Waals surface area contributed by atoms with E-state index in [1.54, 1.807) is 31.4 Å². The van der Waals surface area contributed by atoms with E-state index in [-0.39, 0.29) is 28.6 Å². The topological polar surface area (TPSA) is 140 Å². The molecule has 8 nitrogen and oxygen atoms in total. The number of primary amides is 1. The summed E-state index contributed by atoms with van der Waals surface area (Å²) in [6.45, 7) is 6.93. The molecular weight excluding hydrogens is 334 g/mol. The number of fused-ring (bicyclic) bond motifs is 1. The number of allylic oxidation sites excluding steroid dienone is 3. The third-order valence-corrected chi connectivity index (χ3v) is 4.71. The van der Waals surface area contributed by atoms with Gasteiger partial charge in [0.15, 0.2) is 5.65 Å². The van der Waals surface area contributed by atoms with Gasteiger partial charge in [-0.05, 0) is 33.3 Å². The second-order valence-corrected chi connectivity index (χ2v) is 7.18. The fraction of sp³-hybridized carbons (Fsp3) is 0.389. The molecule has 2 aromatic heterocycles. The van der Waals surface area contributed by atoms with Crippen molar-refractivity contribution in [2.45, 2.75) is 39.7 Å². The molecular formula is C18H23N5O3. The van der Waals surface area contributed by atoms with Gasteiger partial charge in [-0.25, -0.2) is 9.97 Å². The van der Waals surface area contributed by atoms with Gasteiger partial charge in [0.2, 0.25) is 0 Å². The predicted molar refractivity (Wildman–Crippen MR) is 99.1 cm³/mol. The fourth-order valence-corrected chi connectivity index (χ4v) is 3.28. The quantitative estimate of drug-likeness (QED) is 0.662. The molecule has 6 N–H and O–H groups in total.